The normalized spacial score (nSPS) is 8.29. The minimum absolute atomic E-state index is 0.122. The molecule has 0 aliphatic rings. The fourth-order valence-electron chi connectivity index (χ4n) is 0.127. The second-order valence-corrected chi connectivity index (χ2v) is 1.49. The highest BCUT2D eigenvalue weighted by Gasteiger charge is 1.88. The molecule has 0 aromatic rings. The highest BCUT2D eigenvalue weighted by Crippen LogP contribution is 1.96. The van der Waals surface area contributed by atoms with Crippen molar-refractivity contribution in [2.75, 3.05) is 12.8 Å². The monoisotopic (exact) mass is 122 g/mol. The molecule has 7 heavy (non-hydrogen) atoms. The van der Waals surface area contributed by atoms with Crippen LogP contribution >= 0.6 is 12.1 Å². The van der Waals surface area contributed by atoms with E-state index in [-0.39, 0.29) is 23.7 Å². The summed E-state index contributed by atoms with van der Waals surface area (Å²) in [6, 6.07) is 0. The lowest BCUT2D eigenvalue weighted by molar-refractivity contribution is 0.939. The molecule has 0 aromatic carbocycles. The van der Waals surface area contributed by atoms with Gasteiger partial charge in [0.2, 0.25) is 0 Å². The number of halogens is 1. The number of hydrogen-bond acceptors (Lipinski definition) is 2. The van der Waals surface area contributed by atoms with Crippen LogP contribution < -0.4 is 5.32 Å². The molecule has 0 spiro atoms. The number of nitrogens with one attached hydrogen (secondary N) is 2. The molecule has 0 rings (SSSR count). The van der Waals surface area contributed by atoms with Crippen molar-refractivity contribution in [1.29, 1.82) is 5.41 Å². The molecular weight excluding hydrogens is 115 g/mol. The lowest BCUT2D eigenvalue weighted by Crippen LogP contribution is -2.18. The van der Waals surface area contributed by atoms with Crippen molar-refractivity contribution in [2.45, 2.75) is 0 Å². The van der Waals surface area contributed by atoms with Crippen LogP contribution in [0.25, 0.3) is 0 Å². The molecule has 0 saturated heterocycles. The largest absolute Gasteiger partial charge is 0.376 e. The Morgan fingerprint density at radius 2 is 2.57 bits per heavy atom. The fraction of sp³-hybridized carbons (Fsp3) is 0.667. The summed E-state index contributed by atoms with van der Waals surface area (Å²) in [6.45, 7) is 0. The summed E-state index contributed by atoms with van der Waals surface area (Å²) < 4.78 is 11.2. The van der Waals surface area contributed by atoms with Gasteiger partial charge < -0.3 is 5.32 Å². The second-order valence-electron chi connectivity index (χ2n) is 0.982. The Balaban J connectivity index is 3.00. The van der Waals surface area contributed by atoms with Crippen LogP contribution in [-0.4, -0.2) is 18.6 Å². The quantitative estimate of drug-likeness (QED) is 0.420. The zero-order chi connectivity index (χ0) is 5.70. The highest BCUT2D eigenvalue weighted by molar-refractivity contribution is 7.95. The Bertz CT molecular complexity index is 66.0. The molecule has 0 unspecified atom stereocenters. The third kappa shape index (κ3) is 3.58. The van der Waals surface area contributed by atoms with Gasteiger partial charge in [-0.2, -0.15) is 3.89 Å². The summed E-state index contributed by atoms with van der Waals surface area (Å²) in [4.78, 5) is 0. The van der Waals surface area contributed by atoms with Gasteiger partial charge in [0.05, 0.1) is 17.9 Å². The average Bonchev–Trinajstić information content (AvgIpc) is 1.68. The first-order valence-corrected chi connectivity index (χ1v) is 2.68. The van der Waals surface area contributed by atoms with Gasteiger partial charge in [0.25, 0.3) is 0 Å². The summed E-state index contributed by atoms with van der Waals surface area (Å²) >= 11 is 0.147. The molecular formula is C3H7FN2S. The Hall–Kier alpha value is -0.250. The molecule has 0 radical (unpaired) electrons. The minimum Gasteiger partial charge on any atom is -0.376 e. The Labute approximate surface area is 46.3 Å². The molecule has 42 valence electrons. The molecule has 0 aliphatic carbocycles. The highest BCUT2D eigenvalue weighted by atomic mass is 32.2. The van der Waals surface area contributed by atoms with Crippen LogP contribution in [0.1, 0.15) is 0 Å². The van der Waals surface area contributed by atoms with E-state index < -0.39 is 0 Å². The van der Waals surface area contributed by atoms with E-state index in [0.717, 1.165) is 0 Å². The first-order chi connectivity index (χ1) is 3.31. The maximum atomic E-state index is 11.2. The molecule has 0 atom stereocenters. The Morgan fingerprint density at radius 1 is 2.00 bits per heavy atom. The van der Waals surface area contributed by atoms with Crippen LogP contribution in [0.2, 0.25) is 0 Å². The fourth-order valence-corrected chi connectivity index (χ4v) is 0.380. The summed E-state index contributed by atoms with van der Waals surface area (Å²) in [5, 5.41) is 9.25. The topological polar surface area (TPSA) is 35.9 Å². The van der Waals surface area contributed by atoms with Gasteiger partial charge in [-0.3, -0.25) is 5.41 Å². The van der Waals surface area contributed by atoms with Gasteiger partial charge in [-0.1, -0.05) is 0 Å². The predicted molar refractivity (Wildman–Crippen MR) is 30.4 cm³/mol. The predicted octanol–water partition coefficient (Wildman–Crippen LogP) is 0.801. The van der Waals surface area contributed by atoms with Crippen molar-refractivity contribution < 1.29 is 3.89 Å². The van der Waals surface area contributed by atoms with E-state index in [2.05, 4.69) is 5.32 Å². The Kier molecular flexibility index (Phi) is 3.78. The molecule has 0 aromatic heterocycles. The molecule has 2 nitrogen and oxygen atoms in total. The second kappa shape index (κ2) is 3.92. The van der Waals surface area contributed by atoms with Crippen LogP contribution in [0.3, 0.4) is 0 Å². The van der Waals surface area contributed by atoms with Crippen LogP contribution in [0, 0.1) is 5.41 Å². The number of rotatable bonds is 2. The zero-order valence-corrected chi connectivity index (χ0v) is 4.81. The van der Waals surface area contributed by atoms with E-state index in [0.29, 0.717) is 0 Å². The lowest BCUT2D eigenvalue weighted by atomic mass is 10.7. The lowest BCUT2D eigenvalue weighted by Gasteiger charge is -1.93. The first-order valence-electron chi connectivity index (χ1n) is 1.80. The number of hydrogen-bond donors (Lipinski definition) is 2. The van der Waals surface area contributed by atoms with Gasteiger partial charge in [-0.25, -0.2) is 0 Å². The van der Waals surface area contributed by atoms with E-state index in [1.807, 2.05) is 0 Å². The van der Waals surface area contributed by atoms with Gasteiger partial charge in [0, 0.05) is 7.05 Å². The standard InChI is InChI=1S/C3H7FN2S/c1-6-3(5)2-7-4/h2H2,1H3,(H2,5,6). The maximum absolute atomic E-state index is 11.2. The third-order valence-corrected chi connectivity index (χ3v) is 0.898. The van der Waals surface area contributed by atoms with Crippen molar-refractivity contribution in [3.63, 3.8) is 0 Å². The summed E-state index contributed by atoms with van der Waals surface area (Å²) in [5.41, 5.74) is 0. The van der Waals surface area contributed by atoms with Gasteiger partial charge in [0.1, 0.15) is 5.84 Å². The van der Waals surface area contributed by atoms with Crippen molar-refractivity contribution in [3.8, 4) is 0 Å². The van der Waals surface area contributed by atoms with E-state index in [1.54, 1.807) is 7.05 Å². The van der Waals surface area contributed by atoms with Crippen molar-refractivity contribution >= 4 is 18.0 Å². The smallest absolute Gasteiger partial charge is 0.106 e. The van der Waals surface area contributed by atoms with Gasteiger partial charge >= 0.3 is 0 Å². The van der Waals surface area contributed by atoms with E-state index in [1.165, 1.54) is 0 Å². The minimum atomic E-state index is 0.122. The molecule has 0 amide bonds. The van der Waals surface area contributed by atoms with Crippen LogP contribution in [-0.2, 0) is 0 Å². The SMILES string of the molecule is CNC(=N)CSF. The Morgan fingerprint density at radius 3 is 2.71 bits per heavy atom. The number of amidine groups is 1. The van der Waals surface area contributed by atoms with Crippen LogP contribution in [0.4, 0.5) is 3.89 Å². The molecule has 0 fully saturated rings. The third-order valence-electron chi connectivity index (χ3n) is 0.501. The van der Waals surface area contributed by atoms with Crippen molar-refractivity contribution in [2.24, 2.45) is 0 Å². The van der Waals surface area contributed by atoms with E-state index in [9.17, 15) is 3.89 Å². The molecule has 0 aliphatic heterocycles. The van der Waals surface area contributed by atoms with Crippen molar-refractivity contribution in [1.82, 2.24) is 5.32 Å². The van der Waals surface area contributed by atoms with E-state index >= 15 is 0 Å². The van der Waals surface area contributed by atoms with Gasteiger partial charge in [-0.05, 0) is 0 Å². The molecule has 2 N–H and O–H groups in total. The summed E-state index contributed by atoms with van der Waals surface area (Å²) in [6.07, 6.45) is 0. The van der Waals surface area contributed by atoms with E-state index in [4.69, 9.17) is 5.41 Å². The summed E-state index contributed by atoms with van der Waals surface area (Å²) in [7, 11) is 1.60. The molecule has 0 bridgehead atoms. The molecule has 4 heteroatoms. The summed E-state index contributed by atoms with van der Waals surface area (Å²) in [5.74, 6) is 0.337. The first kappa shape index (κ1) is 6.75. The zero-order valence-electron chi connectivity index (χ0n) is 3.99. The van der Waals surface area contributed by atoms with Gasteiger partial charge in [0.15, 0.2) is 0 Å². The molecule has 0 saturated carbocycles. The maximum Gasteiger partial charge on any atom is 0.106 e. The molecule has 0 heterocycles. The average molecular weight is 122 g/mol. The van der Waals surface area contributed by atoms with Crippen LogP contribution in [0.15, 0.2) is 0 Å². The van der Waals surface area contributed by atoms with Crippen LogP contribution in [0.5, 0.6) is 0 Å². The van der Waals surface area contributed by atoms with Crippen molar-refractivity contribution in [3.05, 3.63) is 0 Å². The van der Waals surface area contributed by atoms with Gasteiger partial charge in [-0.15, -0.1) is 0 Å².